The van der Waals surface area contributed by atoms with Gasteiger partial charge in [0.05, 0.1) is 6.04 Å². The average molecular weight is 289 g/mol. The molecule has 1 aromatic rings. The van der Waals surface area contributed by atoms with E-state index in [1.54, 1.807) is 0 Å². The Morgan fingerprint density at radius 2 is 2.24 bits per heavy atom. The Bertz CT molecular complexity index is 530. The molecule has 1 amide bonds. The highest BCUT2D eigenvalue weighted by molar-refractivity contribution is 5.69. The van der Waals surface area contributed by atoms with E-state index in [0.717, 1.165) is 19.5 Å². The van der Waals surface area contributed by atoms with Crippen molar-refractivity contribution in [1.29, 1.82) is 0 Å². The number of fused-ring (bicyclic) bond motifs is 1. The Balaban J connectivity index is 1.68. The van der Waals surface area contributed by atoms with Crippen LogP contribution in [0.25, 0.3) is 0 Å². The van der Waals surface area contributed by atoms with Crippen molar-refractivity contribution in [2.75, 3.05) is 39.1 Å². The molecule has 0 bridgehead atoms. The maximum absolute atomic E-state index is 11.1. The van der Waals surface area contributed by atoms with E-state index in [4.69, 9.17) is 4.74 Å². The van der Waals surface area contributed by atoms with Crippen LogP contribution in [-0.2, 0) is 11.2 Å². The molecule has 114 valence electrons. The lowest BCUT2D eigenvalue weighted by Gasteiger charge is -2.15. The molecule has 2 unspecified atom stereocenters. The Hall–Kier alpha value is -1.75. The summed E-state index contributed by atoms with van der Waals surface area (Å²) in [6.07, 6.45) is 1.70. The summed E-state index contributed by atoms with van der Waals surface area (Å²) in [4.78, 5) is 13.3. The molecule has 0 saturated carbocycles. The average Bonchev–Trinajstić information content (AvgIpc) is 3.03. The molecule has 0 aliphatic carbocycles. The van der Waals surface area contributed by atoms with Gasteiger partial charge in [0, 0.05) is 18.2 Å². The first-order valence-corrected chi connectivity index (χ1v) is 7.56. The number of nitrogens with one attached hydrogen (secondary N) is 2. The minimum absolute atomic E-state index is 0.102. The second kappa shape index (κ2) is 5.93. The van der Waals surface area contributed by atoms with Gasteiger partial charge in [-0.05, 0) is 50.7 Å². The van der Waals surface area contributed by atoms with Gasteiger partial charge in [0.2, 0.25) is 0 Å². The van der Waals surface area contributed by atoms with Gasteiger partial charge in [-0.1, -0.05) is 12.1 Å². The molecule has 21 heavy (non-hydrogen) atoms. The van der Waals surface area contributed by atoms with Gasteiger partial charge < -0.3 is 20.3 Å². The number of benzene rings is 1. The van der Waals surface area contributed by atoms with Gasteiger partial charge in [-0.25, -0.2) is 4.79 Å². The highest BCUT2D eigenvalue weighted by Gasteiger charge is 2.25. The van der Waals surface area contributed by atoms with E-state index in [2.05, 4.69) is 47.8 Å². The van der Waals surface area contributed by atoms with E-state index in [0.29, 0.717) is 12.5 Å². The summed E-state index contributed by atoms with van der Waals surface area (Å²) in [5.74, 6) is 0.580. The van der Waals surface area contributed by atoms with Crippen LogP contribution in [0.4, 0.5) is 10.5 Å². The van der Waals surface area contributed by atoms with Crippen molar-refractivity contribution in [3.63, 3.8) is 0 Å². The second-order valence-corrected chi connectivity index (χ2v) is 6.24. The second-order valence-electron chi connectivity index (χ2n) is 6.24. The molecule has 5 heteroatoms. The molecular formula is C16H23N3O2. The number of rotatable bonds is 5. The van der Waals surface area contributed by atoms with Gasteiger partial charge in [-0.15, -0.1) is 0 Å². The molecule has 0 spiro atoms. The summed E-state index contributed by atoms with van der Waals surface area (Å²) in [5, 5.41) is 6.33. The van der Waals surface area contributed by atoms with E-state index in [9.17, 15) is 4.79 Å². The minimum Gasteiger partial charge on any atom is -0.447 e. The monoisotopic (exact) mass is 289 g/mol. The molecule has 2 N–H and O–H groups in total. The first-order valence-electron chi connectivity index (χ1n) is 7.56. The summed E-state index contributed by atoms with van der Waals surface area (Å²) in [5.41, 5.74) is 3.94. The summed E-state index contributed by atoms with van der Waals surface area (Å²) >= 11 is 0. The number of cyclic esters (lactones) is 1. The Morgan fingerprint density at radius 3 is 2.95 bits per heavy atom. The molecule has 1 saturated heterocycles. The van der Waals surface area contributed by atoms with E-state index in [-0.39, 0.29) is 12.1 Å². The fraction of sp³-hybridized carbons (Fsp3) is 0.562. The fourth-order valence-electron chi connectivity index (χ4n) is 3.07. The molecule has 5 nitrogen and oxygen atoms in total. The van der Waals surface area contributed by atoms with Gasteiger partial charge in [-0.2, -0.15) is 0 Å². The maximum Gasteiger partial charge on any atom is 0.407 e. The molecule has 2 aliphatic heterocycles. The Morgan fingerprint density at radius 1 is 1.38 bits per heavy atom. The Kier molecular flexibility index (Phi) is 4.01. The molecule has 3 rings (SSSR count). The zero-order chi connectivity index (χ0) is 14.8. The van der Waals surface area contributed by atoms with Crippen molar-refractivity contribution in [2.24, 2.45) is 0 Å². The molecule has 0 aromatic heterocycles. The van der Waals surface area contributed by atoms with Crippen LogP contribution in [0, 0.1) is 0 Å². The van der Waals surface area contributed by atoms with Crippen LogP contribution in [0.3, 0.4) is 0 Å². The number of nitrogens with zero attached hydrogens (tertiary/aromatic N) is 1. The first-order chi connectivity index (χ1) is 10.1. The number of anilines is 1. The van der Waals surface area contributed by atoms with Crippen LogP contribution in [0.15, 0.2) is 18.2 Å². The third kappa shape index (κ3) is 3.29. The molecule has 2 aliphatic rings. The number of carbonyl (C=O) groups is 1. The van der Waals surface area contributed by atoms with Crippen molar-refractivity contribution < 1.29 is 9.53 Å². The summed E-state index contributed by atoms with van der Waals surface area (Å²) < 4.78 is 4.95. The van der Waals surface area contributed by atoms with Crippen LogP contribution in [0.2, 0.25) is 0 Å². The lowest BCUT2D eigenvalue weighted by atomic mass is 9.94. The standard InChI is InChI=1S/C16H23N3O2/c1-19(2)6-5-12-9-17-15-4-3-11(8-14(12)15)7-13-10-21-16(20)18-13/h3-4,8,12-13,17H,5-7,9-10H2,1-2H3,(H,18,20). The molecule has 1 fully saturated rings. The van der Waals surface area contributed by atoms with Gasteiger partial charge in [0.1, 0.15) is 6.61 Å². The van der Waals surface area contributed by atoms with Crippen molar-refractivity contribution in [1.82, 2.24) is 10.2 Å². The van der Waals surface area contributed by atoms with E-state index >= 15 is 0 Å². The topological polar surface area (TPSA) is 53.6 Å². The molecule has 0 radical (unpaired) electrons. The number of ether oxygens (including phenoxy) is 1. The number of amides is 1. The predicted molar refractivity (Wildman–Crippen MR) is 82.8 cm³/mol. The van der Waals surface area contributed by atoms with Crippen LogP contribution in [0.5, 0.6) is 0 Å². The molecule has 2 atom stereocenters. The SMILES string of the molecule is CN(C)CCC1CNc2ccc(CC3COC(=O)N3)cc21. The molecule has 1 aromatic carbocycles. The molecule has 2 heterocycles. The highest BCUT2D eigenvalue weighted by atomic mass is 16.6. The van der Waals surface area contributed by atoms with E-state index in [1.165, 1.54) is 23.2 Å². The van der Waals surface area contributed by atoms with Gasteiger partial charge in [0.25, 0.3) is 0 Å². The van der Waals surface area contributed by atoms with E-state index < -0.39 is 0 Å². The maximum atomic E-state index is 11.1. The van der Waals surface area contributed by atoms with E-state index in [1.807, 2.05) is 0 Å². The number of hydrogen-bond donors (Lipinski definition) is 2. The fourth-order valence-corrected chi connectivity index (χ4v) is 3.07. The van der Waals surface area contributed by atoms with Crippen molar-refractivity contribution in [2.45, 2.75) is 24.8 Å². The third-order valence-corrected chi connectivity index (χ3v) is 4.24. The zero-order valence-corrected chi connectivity index (χ0v) is 12.7. The number of carbonyl (C=O) groups excluding carboxylic acids is 1. The lowest BCUT2D eigenvalue weighted by molar-refractivity contribution is 0.177. The zero-order valence-electron chi connectivity index (χ0n) is 12.7. The van der Waals surface area contributed by atoms with Gasteiger partial charge in [-0.3, -0.25) is 0 Å². The molecular weight excluding hydrogens is 266 g/mol. The van der Waals surface area contributed by atoms with Gasteiger partial charge in [0.15, 0.2) is 0 Å². The summed E-state index contributed by atoms with van der Waals surface area (Å²) in [6.45, 7) is 2.59. The first kappa shape index (κ1) is 14.2. The number of alkyl carbamates (subject to hydrolysis) is 1. The minimum atomic E-state index is -0.299. The van der Waals surface area contributed by atoms with Crippen LogP contribution >= 0.6 is 0 Å². The highest BCUT2D eigenvalue weighted by Crippen LogP contribution is 2.34. The van der Waals surface area contributed by atoms with Crippen molar-refractivity contribution >= 4 is 11.8 Å². The quantitative estimate of drug-likeness (QED) is 0.868. The number of hydrogen-bond acceptors (Lipinski definition) is 4. The van der Waals surface area contributed by atoms with Crippen molar-refractivity contribution in [3.05, 3.63) is 29.3 Å². The normalized spacial score (nSPS) is 23.7. The van der Waals surface area contributed by atoms with Crippen molar-refractivity contribution in [3.8, 4) is 0 Å². The summed E-state index contributed by atoms with van der Waals surface area (Å²) in [6, 6.07) is 6.70. The Labute approximate surface area is 125 Å². The largest absolute Gasteiger partial charge is 0.447 e. The van der Waals surface area contributed by atoms with Crippen LogP contribution < -0.4 is 10.6 Å². The van der Waals surface area contributed by atoms with Crippen LogP contribution in [0.1, 0.15) is 23.5 Å². The summed E-state index contributed by atoms with van der Waals surface area (Å²) in [7, 11) is 4.23. The van der Waals surface area contributed by atoms with Crippen LogP contribution in [-0.4, -0.2) is 50.8 Å². The lowest BCUT2D eigenvalue weighted by Crippen LogP contribution is -2.28. The third-order valence-electron chi connectivity index (χ3n) is 4.24. The van der Waals surface area contributed by atoms with Gasteiger partial charge >= 0.3 is 6.09 Å². The smallest absolute Gasteiger partial charge is 0.407 e. The predicted octanol–water partition coefficient (Wildman–Crippen LogP) is 1.80.